The maximum Gasteiger partial charge on any atom is 0.408 e. The number of carbonyl (C=O) groups is 4. The molecule has 3 amide bonds. The van der Waals surface area contributed by atoms with E-state index in [4.69, 9.17) is 10.5 Å². The fourth-order valence-corrected chi connectivity index (χ4v) is 2.08. The number of nitrogens with one attached hydrogen (secondary N) is 1. The molecule has 0 aliphatic rings. The van der Waals surface area contributed by atoms with Gasteiger partial charge >= 0.3 is 12.1 Å². The fourth-order valence-electron chi connectivity index (χ4n) is 2.08. The highest BCUT2D eigenvalue weighted by Crippen LogP contribution is 2.11. The Hall–Kier alpha value is -3.14. The van der Waals surface area contributed by atoms with Crippen molar-refractivity contribution in [2.75, 3.05) is 0 Å². The predicted octanol–water partition coefficient (Wildman–Crippen LogP) is 1.27. The fraction of sp³-hybridized carbons (Fsp3) is 0.444. The zero-order valence-electron chi connectivity index (χ0n) is 15.8. The van der Waals surface area contributed by atoms with Crippen LogP contribution < -0.4 is 11.1 Å². The number of hydroxylamine groups is 2. The van der Waals surface area contributed by atoms with Gasteiger partial charge in [0.05, 0.1) is 0 Å². The Labute approximate surface area is 162 Å². The SMILES string of the molecule is CCC(C)[C@H](NC(=O)OCc1ccccc1)C(=O)ON(O)C(=O)CCC(N)=O. The Balaban J connectivity index is 2.62. The predicted molar refractivity (Wildman–Crippen MR) is 96.2 cm³/mol. The summed E-state index contributed by atoms with van der Waals surface area (Å²) in [5.74, 6) is -3.19. The van der Waals surface area contributed by atoms with Crippen molar-refractivity contribution in [1.82, 2.24) is 10.5 Å². The number of carbonyl (C=O) groups excluding carboxylic acids is 4. The summed E-state index contributed by atoms with van der Waals surface area (Å²) in [7, 11) is 0. The number of hydrogen-bond acceptors (Lipinski definition) is 7. The lowest BCUT2D eigenvalue weighted by Crippen LogP contribution is -2.48. The molecule has 0 fully saturated rings. The van der Waals surface area contributed by atoms with Crippen molar-refractivity contribution in [1.29, 1.82) is 0 Å². The van der Waals surface area contributed by atoms with Crippen molar-refractivity contribution in [2.45, 2.75) is 45.8 Å². The van der Waals surface area contributed by atoms with E-state index < -0.39 is 36.3 Å². The second-order valence-corrected chi connectivity index (χ2v) is 6.11. The summed E-state index contributed by atoms with van der Waals surface area (Å²) >= 11 is 0. The molecule has 0 aromatic heterocycles. The number of nitrogens with zero attached hydrogens (tertiary/aromatic N) is 1. The molecule has 4 N–H and O–H groups in total. The molecule has 10 heteroatoms. The minimum Gasteiger partial charge on any atom is -0.445 e. The maximum absolute atomic E-state index is 12.3. The van der Waals surface area contributed by atoms with E-state index in [9.17, 15) is 24.4 Å². The molecule has 2 atom stereocenters. The van der Waals surface area contributed by atoms with Gasteiger partial charge in [0, 0.05) is 12.8 Å². The molecule has 1 aromatic rings. The molecule has 1 unspecified atom stereocenters. The van der Waals surface area contributed by atoms with Gasteiger partial charge in [-0.1, -0.05) is 50.6 Å². The van der Waals surface area contributed by atoms with Crippen molar-refractivity contribution < 1.29 is 34.0 Å². The number of benzene rings is 1. The molecule has 0 bridgehead atoms. The van der Waals surface area contributed by atoms with E-state index in [0.29, 0.717) is 6.42 Å². The number of rotatable bonds is 9. The topological polar surface area (TPSA) is 148 Å². The molecule has 154 valence electrons. The van der Waals surface area contributed by atoms with E-state index in [-0.39, 0.29) is 24.2 Å². The monoisotopic (exact) mass is 395 g/mol. The molecule has 0 radical (unpaired) electrons. The Kier molecular flexibility index (Phi) is 9.44. The van der Waals surface area contributed by atoms with Crippen molar-refractivity contribution in [3.63, 3.8) is 0 Å². The Morgan fingerprint density at radius 3 is 2.39 bits per heavy atom. The van der Waals surface area contributed by atoms with Crippen LogP contribution in [0.15, 0.2) is 30.3 Å². The van der Waals surface area contributed by atoms with Crippen LogP contribution in [-0.4, -0.2) is 40.4 Å². The minimum absolute atomic E-state index is 0.00662. The lowest BCUT2D eigenvalue weighted by molar-refractivity contribution is -0.299. The molecule has 0 aliphatic heterocycles. The van der Waals surface area contributed by atoms with Crippen LogP contribution in [-0.2, 0) is 30.6 Å². The summed E-state index contributed by atoms with van der Waals surface area (Å²) in [4.78, 5) is 51.1. The van der Waals surface area contributed by atoms with Crippen LogP contribution in [0.25, 0.3) is 0 Å². The second-order valence-electron chi connectivity index (χ2n) is 6.11. The van der Waals surface area contributed by atoms with Gasteiger partial charge in [0.1, 0.15) is 12.6 Å². The Morgan fingerprint density at radius 1 is 1.18 bits per heavy atom. The second kappa shape index (κ2) is 11.5. The third-order valence-electron chi connectivity index (χ3n) is 3.93. The quantitative estimate of drug-likeness (QED) is 0.421. The van der Waals surface area contributed by atoms with Gasteiger partial charge in [-0.25, -0.2) is 9.59 Å². The first-order valence-corrected chi connectivity index (χ1v) is 8.73. The van der Waals surface area contributed by atoms with Crippen LogP contribution >= 0.6 is 0 Å². The first-order chi connectivity index (χ1) is 13.2. The maximum atomic E-state index is 12.3. The van der Waals surface area contributed by atoms with Crippen molar-refractivity contribution >= 4 is 23.9 Å². The molecular formula is C18H25N3O7. The van der Waals surface area contributed by atoms with Gasteiger partial charge in [-0.3, -0.25) is 14.8 Å². The first kappa shape index (κ1) is 22.9. The lowest BCUT2D eigenvalue weighted by Gasteiger charge is -2.23. The molecule has 1 rings (SSSR count). The van der Waals surface area contributed by atoms with Crippen molar-refractivity contribution in [3.8, 4) is 0 Å². The zero-order chi connectivity index (χ0) is 21.1. The summed E-state index contributed by atoms with van der Waals surface area (Å²) in [5.41, 5.74) is 5.68. The van der Waals surface area contributed by atoms with Gasteiger partial charge in [0.15, 0.2) is 0 Å². The summed E-state index contributed by atoms with van der Waals surface area (Å²) in [6.07, 6.45) is -1.10. The average molecular weight is 395 g/mol. The zero-order valence-corrected chi connectivity index (χ0v) is 15.8. The summed E-state index contributed by atoms with van der Waals surface area (Å²) < 4.78 is 5.07. The summed E-state index contributed by atoms with van der Waals surface area (Å²) in [5, 5.41) is 11.6. The molecule has 0 saturated heterocycles. The normalized spacial score (nSPS) is 12.4. The van der Waals surface area contributed by atoms with Gasteiger partial charge < -0.3 is 20.6 Å². The first-order valence-electron chi connectivity index (χ1n) is 8.73. The third-order valence-corrected chi connectivity index (χ3v) is 3.93. The molecule has 0 spiro atoms. The molecule has 0 aliphatic carbocycles. The number of hydrogen-bond donors (Lipinski definition) is 3. The molecule has 0 saturated carbocycles. The third kappa shape index (κ3) is 8.04. The molecular weight excluding hydrogens is 370 g/mol. The van der Waals surface area contributed by atoms with Crippen LogP contribution in [0, 0.1) is 5.92 Å². The Bertz CT molecular complexity index is 681. The van der Waals surface area contributed by atoms with Gasteiger partial charge in [0.2, 0.25) is 5.91 Å². The lowest BCUT2D eigenvalue weighted by atomic mass is 9.99. The standard InChI is InChI=1S/C18H25N3O7/c1-3-12(2)16(17(24)28-21(26)15(23)10-9-14(19)22)20-18(25)27-11-13-7-5-4-6-8-13/h4-8,12,16,26H,3,9-11H2,1-2H3,(H2,19,22)(H,20,25)/t12?,16-/m0/s1. The number of nitrogens with two attached hydrogens (primary N) is 1. The average Bonchev–Trinajstić information content (AvgIpc) is 2.68. The highest BCUT2D eigenvalue weighted by atomic mass is 16.9. The number of amides is 3. The van der Waals surface area contributed by atoms with E-state index in [1.165, 1.54) is 0 Å². The van der Waals surface area contributed by atoms with E-state index in [1.807, 2.05) is 6.07 Å². The highest BCUT2D eigenvalue weighted by Gasteiger charge is 2.31. The molecule has 0 heterocycles. The van der Waals surface area contributed by atoms with Crippen LogP contribution in [0.3, 0.4) is 0 Å². The van der Waals surface area contributed by atoms with Gasteiger partial charge in [0.25, 0.3) is 5.91 Å². The van der Waals surface area contributed by atoms with Gasteiger partial charge in [-0.15, -0.1) is 0 Å². The highest BCUT2D eigenvalue weighted by molar-refractivity contribution is 5.84. The van der Waals surface area contributed by atoms with Gasteiger partial charge in [-0.05, 0) is 16.7 Å². The molecule has 1 aromatic carbocycles. The smallest absolute Gasteiger partial charge is 0.408 e. The van der Waals surface area contributed by atoms with Gasteiger partial charge in [-0.2, -0.15) is 0 Å². The number of ether oxygens (including phenoxy) is 1. The largest absolute Gasteiger partial charge is 0.445 e. The summed E-state index contributed by atoms with van der Waals surface area (Å²) in [6, 6.07) is 7.79. The Morgan fingerprint density at radius 2 is 1.82 bits per heavy atom. The van der Waals surface area contributed by atoms with Crippen LogP contribution in [0.2, 0.25) is 0 Å². The number of primary amides is 1. The van der Waals surface area contributed by atoms with Crippen molar-refractivity contribution in [2.24, 2.45) is 11.7 Å². The van der Waals surface area contributed by atoms with E-state index in [2.05, 4.69) is 10.2 Å². The van der Waals surface area contributed by atoms with Crippen molar-refractivity contribution in [3.05, 3.63) is 35.9 Å². The van der Waals surface area contributed by atoms with E-state index >= 15 is 0 Å². The summed E-state index contributed by atoms with van der Waals surface area (Å²) in [6.45, 7) is 3.48. The molecule has 28 heavy (non-hydrogen) atoms. The van der Waals surface area contributed by atoms with E-state index in [0.717, 1.165) is 5.56 Å². The van der Waals surface area contributed by atoms with Crippen LogP contribution in [0.5, 0.6) is 0 Å². The van der Waals surface area contributed by atoms with Crippen LogP contribution in [0.4, 0.5) is 4.79 Å². The number of alkyl carbamates (subject to hydrolysis) is 1. The van der Waals surface area contributed by atoms with E-state index in [1.54, 1.807) is 38.1 Å². The molecule has 10 nitrogen and oxygen atoms in total. The van der Waals surface area contributed by atoms with Crippen LogP contribution in [0.1, 0.15) is 38.7 Å². The minimum atomic E-state index is -1.16.